The number of H-pyrrole nitrogens is 1. The van der Waals surface area contributed by atoms with Gasteiger partial charge in [-0.3, -0.25) is 5.32 Å². The van der Waals surface area contributed by atoms with Crippen molar-refractivity contribution in [3.05, 3.63) is 71.9 Å². The number of methoxy groups -OCH3 is 1. The van der Waals surface area contributed by atoms with E-state index in [0.717, 1.165) is 23.6 Å². The van der Waals surface area contributed by atoms with E-state index >= 15 is 0 Å². The fourth-order valence-corrected chi connectivity index (χ4v) is 3.07. The van der Waals surface area contributed by atoms with Crippen molar-refractivity contribution < 1.29 is 18.3 Å². The second kappa shape index (κ2) is 7.66. The van der Waals surface area contributed by atoms with Gasteiger partial charge in [-0.1, -0.05) is 48.5 Å². The highest BCUT2D eigenvalue weighted by molar-refractivity contribution is 5.86. The molecule has 0 unspecified atom stereocenters. The molecule has 0 bridgehead atoms. The minimum absolute atomic E-state index is 0.128. The van der Waals surface area contributed by atoms with Gasteiger partial charge in [0.1, 0.15) is 0 Å². The summed E-state index contributed by atoms with van der Waals surface area (Å²) in [5.74, 6) is -0.978. The van der Waals surface area contributed by atoms with Crippen molar-refractivity contribution in [2.45, 2.75) is 24.9 Å². The lowest BCUT2D eigenvalue weighted by Crippen LogP contribution is -2.59. The van der Waals surface area contributed by atoms with Crippen LogP contribution in [0.25, 0.3) is 10.9 Å². The zero-order valence-corrected chi connectivity index (χ0v) is 14.3. The van der Waals surface area contributed by atoms with Gasteiger partial charge in [0, 0.05) is 30.1 Å². The summed E-state index contributed by atoms with van der Waals surface area (Å²) in [7, 11) is 1.12. The molecular weight excluding hydrogens is 338 g/mol. The van der Waals surface area contributed by atoms with Gasteiger partial charge in [-0.15, -0.1) is 0 Å². The van der Waals surface area contributed by atoms with Crippen LogP contribution in [0.1, 0.15) is 11.1 Å². The van der Waals surface area contributed by atoms with E-state index in [4.69, 9.17) is 4.74 Å². The largest absolute Gasteiger partial charge is 0.467 e. The number of alkyl halides is 2. The Balaban J connectivity index is 1.95. The number of carbonyl (C=O) groups is 1. The summed E-state index contributed by atoms with van der Waals surface area (Å²) >= 11 is 0. The Labute approximate surface area is 150 Å². The van der Waals surface area contributed by atoms with Crippen molar-refractivity contribution in [2.24, 2.45) is 0 Å². The zero-order valence-electron chi connectivity index (χ0n) is 14.3. The van der Waals surface area contributed by atoms with E-state index < -0.39 is 17.9 Å². The van der Waals surface area contributed by atoms with Crippen molar-refractivity contribution in [1.82, 2.24) is 10.3 Å². The first-order valence-electron chi connectivity index (χ1n) is 8.27. The van der Waals surface area contributed by atoms with E-state index in [1.165, 1.54) is 0 Å². The molecule has 1 heterocycles. The summed E-state index contributed by atoms with van der Waals surface area (Å²) in [6.45, 7) is 0.128. The Kier molecular flexibility index (Phi) is 5.32. The van der Waals surface area contributed by atoms with Crippen LogP contribution in [-0.2, 0) is 22.5 Å². The molecule has 0 amide bonds. The average Bonchev–Trinajstić information content (AvgIpc) is 3.08. The van der Waals surface area contributed by atoms with Crippen LogP contribution in [0, 0.1) is 0 Å². The van der Waals surface area contributed by atoms with Gasteiger partial charge >= 0.3 is 5.97 Å². The molecule has 1 aromatic heterocycles. The maximum atomic E-state index is 14.1. The predicted octanol–water partition coefficient (Wildman–Crippen LogP) is 3.68. The minimum atomic E-state index is -2.94. The van der Waals surface area contributed by atoms with Gasteiger partial charge in [0.15, 0.2) is 5.54 Å². The topological polar surface area (TPSA) is 54.1 Å². The van der Waals surface area contributed by atoms with Gasteiger partial charge in [-0.2, -0.15) is 0 Å². The van der Waals surface area contributed by atoms with Crippen molar-refractivity contribution >= 4 is 16.9 Å². The standard InChI is InChI=1S/C20H20F2N2O2/c1-26-19(25)20(18(21)22,24-12-14-7-3-2-4-8-14)11-15-13-23-17-10-6-5-9-16(15)17/h2-10,13,18,23-24H,11-12H2,1H3/t20-/m0/s1. The summed E-state index contributed by atoms with van der Waals surface area (Å²) in [6, 6.07) is 16.5. The van der Waals surface area contributed by atoms with E-state index in [0.29, 0.717) is 5.56 Å². The Hall–Kier alpha value is -2.73. The molecule has 136 valence electrons. The maximum absolute atomic E-state index is 14.1. The Morgan fingerprint density at radius 3 is 2.54 bits per heavy atom. The molecule has 0 fully saturated rings. The number of para-hydroxylation sites is 1. The van der Waals surface area contributed by atoms with Gasteiger partial charge in [0.25, 0.3) is 6.43 Å². The van der Waals surface area contributed by atoms with Crippen LogP contribution < -0.4 is 5.32 Å². The Morgan fingerprint density at radius 2 is 1.85 bits per heavy atom. The molecule has 6 heteroatoms. The van der Waals surface area contributed by atoms with E-state index in [-0.39, 0.29) is 13.0 Å². The molecule has 0 aliphatic rings. The second-order valence-corrected chi connectivity index (χ2v) is 6.14. The van der Waals surface area contributed by atoms with E-state index in [1.54, 1.807) is 6.20 Å². The molecule has 1 atom stereocenters. The average molecular weight is 358 g/mol. The lowest BCUT2D eigenvalue weighted by molar-refractivity contribution is -0.156. The number of carbonyl (C=O) groups excluding carboxylic acids is 1. The summed E-state index contributed by atoms with van der Waals surface area (Å²) in [4.78, 5) is 15.4. The number of esters is 1. The summed E-state index contributed by atoms with van der Waals surface area (Å²) in [5.41, 5.74) is 0.140. The minimum Gasteiger partial charge on any atom is -0.467 e. The van der Waals surface area contributed by atoms with E-state index in [1.807, 2.05) is 54.6 Å². The number of nitrogens with one attached hydrogen (secondary N) is 2. The number of benzene rings is 2. The molecule has 0 saturated carbocycles. The summed E-state index contributed by atoms with van der Waals surface area (Å²) < 4.78 is 33.0. The molecule has 26 heavy (non-hydrogen) atoms. The monoisotopic (exact) mass is 358 g/mol. The summed E-state index contributed by atoms with van der Waals surface area (Å²) in [6.07, 6.45) is -1.46. The fraction of sp³-hybridized carbons (Fsp3) is 0.250. The Morgan fingerprint density at radius 1 is 1.15 bits per heavy atom. The van der Waals surface area contributed by atoms with Gasteiger partial charge in [-0.25, -0.2) is 13.6 Å². The van der Waals surface area contributed by atoms with Crippen LogP contribution in [0.5, 0.6) is 0 Å². The smallest absolute Gasteiger partial charge is 0.332 e. The van der Waals surface area contributed by atoms with Crippen molar-refractivity contribution in [3.63, 3.8) is 0 Å². The quantitative estimate of drug-likeness (QED) is 0.634. The first kappa shape index (κ1) is 18.1. The van der Waals surface area contributed by atoms with Crippen molar-refractivity contribution in [2.75, 3.05) is 7.11 Å². The highest BCUT2D eigenvalue weighted by atomic mass is 19.3. The molecule has 0 aliphatic carbocycles. The maximum Gasteiger partial charge on any atom is 0.332 e. The highest BCUT2D eigenvalue weighted by Gasteiger charge is 2.48. The van der Waals surface area contributed by atoms with E-state index in [9.17, 15) is 13.6 Å². The lowest BCUT2D eigenvalue weighted by atomic mass is 9.90. The third kappa shape index (κ3) is 3.46. The van der Waals surface area contributed by atoms with Crippen LogP contribution in [0.3, 0.4) is 0 Å². The van der Waals surface area contributed by atoms with Crippen LogP contribution in [0.4, 0.5) is 8.78 Å². The number of halogens is 2. The zero-order chi connectivity index (χ0) is 18.6. The first-order valence-corrected chi connectivity index (χ1v) is 8.27. The van der Waals surface area contributed by atoms with Gasteiger partial charge < -0.3 is 9.72 Å². The SMILES string of the molecule is COC(=O)[C@@](Cc1c[nH]c2ccccc12)(NCc1ccccc1)C(F)F. The molecule has 0 radical (unpaired) electrons. The number of aromatic nitrogens is 1. The summed E-state index contributed by atoms with van der Waals surface area (Å²) in [5, 5.41) is 3.57. The number of aromatic amines is 1. The van der Waals surface area contributed by atoms with Crippen molar-refractivity contribution in [1.29, 1.82) is 0 Å². The number of hydrogen-bond acceptors (Lipinski definition) is 3. The normalized spacial score (nSPS) is 13.7. The van der Waals surface area contributed by atoms with Crippen LogP contribution >= 0.6 is 0 Å². The van der Waals surface area contributed by atoms with E-state index in [2.05, 4.69) is 10.3 Å². The van der Waals surface area contributed by atoms with Crippen LogP contribution in [-0.4, -0.2) is 30.0 Å². The molecule has 4 nitrogen and oxygen atoms in total. The molecule has 3 aromatic rings. The molecule has 3 rings (SSSR count). The van der Waals surface area contributed by atoms with Crippen molar-refractivity contribution in [3.8, 4) is 0 Å². The molecule has 0 aliphatic heterocycles. The van der Waals surface area contributed by atoms with Gasteiger partial charge in [-0.05, 0) is 17.2 Å². The molecule has 2 N–H and O–H groups in total. The number of hydrogen-bond donors (Lipinski definition) is 2. The molecule has 2 aromatic carbocycles. The molecule has 0 saturated heterocycles. The predicted molar refractivity (Wildman–Crippen MR) is 96.0 cm³/mol. The third-order valence-electron chi connectivity index (χ3n) is 4.52. The molecule has 0 spiro atoms. The fourth-order valence-electron chi connectivity index (χ4n) is 3.07. The number of fused-ring (bicyclic) bond motifs is 1. The Bertz CT molecular complexity index is 880. The van der Waals surface area contributed by atoms with Gasteiger partial charge in [0.2, 0.25) is 0 Å². The van der Waals surface area contributed by atoms with Gasteiger partial charge in [0.05, 0.1) is 7.11 Å². The first-order chi connectivity index (χ1) is 12.6. The number of rotatable bonds is 7. The van der Waals surface area contributed by atoms with Crippen LogP contribution in [0.2, 0.25) is 0 Å². The highest BCUT2D eigenvalue weighted by Crippen LogP contribution is 2.28. The number of ether oxygens (including phenoxy) is 1. The third-order valence-corrected chi connectivity index (χ3v) is 4.52. The lowest BCUT2D eigenvalue weighted by Gasteiger charge is -2.31. The molecular formula is C20H20F2N2O2. The second-order valence-electron chi connectivity index (χ2n) is 6.14. The van der Waals surface area contributed by atoms with Crippen LogP contribution in [0.15, 0.2) is 60.8 Å².